The number of nitrogens with zero attached hydrogens (tertiary/aromatic N) is 6. The van der Waals surface area contributed by atoms with Gasteiger partial charge in [0.25, 0.3) is 0 Å². The largest absolute Gasteiger partial charge is 1.00 e. The molecule has 0 aliphatic rings. The molecule has 0 fully saturated rings. The Morgan fingerprint density at radius 2 is 1.39 bits per heavy atom. The van der Waals surface area contributed by atoms with Gasteiger partial charge in [0.2, 0.25) is 15.9 Å². The van der Waals surface area contributed by atoms with Crippen molar-refractivity contribution in [2.75, 3.05) is 16.7 Å². The molecule has 284 valence electrons. The predicted molar refractivity (Wildman–Crippen MR) is 202 cm³/mol. The van der Waals surface area contributed by atoms with Gasteiger partial charge in [-0.25, -0.2) is 21.6 Å². The third kappa shape index (κ3) is 10.8. The summed E-state index contributed by atoms with van der Waals surface area (Å²) in [5.74, 6) is -1.95. The first-order chi connectivity index (χ1) is 25.6. The van der Waals surface area contributed by atoms with Crippen molar-refractivity contribution < 1.29 is 89.0 Å². The van der Waals surface area contributed by atoms with Crippen molar-refractivity contribution in [1.29, 1.82) is 0 Å². The Morgan fingerprint density at radius 3 is 2.05 bits per heavy atom. The van der Waals surface area contributed by atoms with Gasteiger partial charge in [0.1, 0.15) is 28.6 Å². The molecular weight excluding hydrogens is 814 g/mol. The van der Waals surface area contributed by atoms with E-state index in [4.69, 9.17) is 5.11 Å². The standard InChI is InChI=1S/C19H19N3O6S2.C17H14N4O3.Cr.Na/c1-3-30(27,28)13-8-10-16(23)15(11-13)20-21-19-17(24)9-7-12-5-4-6-14(18(12)19)22-29(2,25)26;1-11-15(16(22)21(20-11)12-7-3-2-4-8-12)19-18-14-10-6-5-9-13(14)17(23)24;;/h4-11,22-24H,3H2,1-2H3;2-10,22H,1H3,(H,23,24);;/q;;;+1. The van der Waals surface area contributed by atoms with E-state index in [0.29, 0.717) is 22.2 Å². The van der Waals surface area contributed by atoms with Gasteiger partial charge in [-0.1, -0.05) is 55.5 Å². The third-order valence-corrected chi connectivity index (χ3v) is 9.96. The minimum absolute atomic E-state index is 0. The number of carbonyl (C=O) groups is 1. The van der Waals surface area contributed by atoms with Crippen LogP contribution in [-0.2, 0) is 37.2 Å². The minimum Gasteiger partial charge on any atom is -0.506 e. The Kier molecular flexibility index (Phi) is 15.5. The molecule has 0 bridgehead atoms. The summed E-state index contributed by atoms with van der Waals surface area (Å²) < 4.78 is 51.3. The molecule has 56 heavy (non-hydrogen) atoms. The Hall–Kier alpha value is -5.13. The van der Waals surface area contributed by atoms with E-state index >= 15 is 0 Å². The van der Waals surface area contributed by atoms with E-state index in [1.165, 1.54) is 48.0 Å². The van der Waals surface area contributed by atoms with Crippen molar-refractivity contribution in [2.24, 2.45) is 20.5 Å². The van der Waals surface area contributed by atoms with E-state index in [0.717, 1.165) is 6.26 Å². The maximum Gasteiger partial charge on any atom is 1.00 e. The Bertz CT molecular complexity index is 2660. The van der Waals surface area contributed by atoms with Crippen LogP contribution < -0.4 is 34.3 Å². The second kappa shape index (κ2) is 19.1. The number of benzene rings is 5. The van der Waals surface area contributed by atoms with Gasteiger partial charge in [0, 0.05) is 22.7 Å². The van der Waals surface area contributed by atoms with Crippen LogP contribution in [-0.4, -0.2) is 65.0 Å². The number of carboxylic acids is 1. The van der Waals surface area contributed by atoms with Crippen molar-refractivity contribution in [2.45, 2.75) is 18.7 Å². The van der Waals surface area contributed by atoms with Gasteiger partial charge in [-0.15, -0.1) is 20.5 Å². The second-order valence-electron chi connectivity index (χ2n) is 11.5. The molecule has 0 unspecified atom stereocenters. The molecule has 0 aliphatic heterocycles. The van der Waals surface area contributed by atoms with E-state index in [1.54, 1.807) is 55.5 Å². The smallest absolute Gasteiger partial charge is 0.506 e. The minimum atomic E-state index is -3.61. The average molecular weight is 847 g/mol. The Labute approximate surface area is 354 Å². The van der Waals surface area contributed by atoms with Gasteiger partial charge in [0.05, 0.1) is 39.5 Å². The first kappa shape index (κ1) is 45.3. The summed E-state index contributed by atoms with van der Waals surface area (Å²) in [4.78, 5) is 11.2. The van der Waals surface area contributed by atoms with Gasteiger partial charge in [-0.2, -0.15) is 9.78 Å². The predicted octanol–water partition coefficient (Wildman–Crippen LogP) is 4.83. The number of aryl methyl sites for hydroxylation is 1. The molecule has 0 radical (unpaired) electrons. The number of hydrogen-bond donors (Lipinski definition) is 5. The molecule has 1 aromatic heterocycles. The zero-order valence-corrected chi connectivity index (χ0v) is 35.2. The summed E-state index contributed by atoms with van der Waals surface area (Å²) in [7, 11) is -7.14. The van der Waals surface area contributed by atoms with Crippen LogP contribution in [0.3, 0.4) is 0 Å². The number of fused-ring (bicyclic) bond motifs is 1. The molecular formula is C36H33CrN7NaO9S2+. The first-order valence-corrected chi connectivity index (χ1v) is 19.4. The monoisotopic (exact) mass is 846 g/mol. The molecule has 6 aromatic rings. The number of nitrogens with one attached hydrogen (secondary N) is 1. The van der Waals surface area contributed by atoms with Gasteiger partial charge in [-0.05, 0) is 66.9 Å². The molecule has 5 N–H and O–H groups in total. The van der Waals surface area contributed by atoms with E-state index in [9.17, 15) is 36.9 Å². The van der Waals surface area contributed by atoms with Crippen molar-refractivity contribution in [1.82, 2.24) is 9.78 Å². The summed E-state index contributed by atoms with van der Waals surface area (Å²) in [6.45, 7) is 3.18. The number of carboxylic acid groups (broad SMARTS) is 1. The summed E-state index contributed by atoms with van der Waals surface area (Å²) in [6, 6.07) is 26.8. The number of aromatic carboxylic acids is 1. The maximum atomic E-state index is 12.1. The quantitative estimate of drug-likeness (QED) is 0.0928. The number of sulfonamides is 1. The van der Waals surface area contributed by atoms with Gasteiger partial charge in [0.15, 0.2) is 15.5 Å². The number of rotatable bonds is 10. The molecule has 16 nitrogen and oxygen atoms in total. The SMILES string of the molecule is CCS(=O)(=O)c1ccc(O)c(N=Nc2c(O)ccc3cccc(NS(C)(=O)=O)c23)c1.Cc1nn(-c2ccccc2)c(O)c1N=Nc1ccccc1C(=O)O.[Cr].[Na+]. The summed E-state index contributed by atoms with van der Waals surface area (Å²) in [5, 5.41) is 60.8. The number of hydrogen-bond acceptors (Lipinski definition) is 13. The summed E-state index contributed by atoms with van der Waals surface area (Å²) in [6.07, 6.45) is 0.994. The summed E-state index contributed by atoms with van der Waals surface area (Å²) in [5.41, 5.74) is 1.63. The Morgan fingerprint density at radius 1 is 0.768 bits per heavy atom. The second-order valence-corrected chi connectivity index (χ2v) is 15.5. The van der Waals surface area contributed by atoms with Crippen molar-refractivity contribution >= 4 is 65.0 Å². The molecule has 0 saturated heterocycles. The fraction of sp³-hybridized carbons (Fsp3) is 0.111. The van der Waals surface area contributed by atoms with Crippen LogP contribution in [0, 0.1) is 6.92 Å². The number of sulfone groups is 1. The molecule has 0 amide bonds. The van der Waals surface area contributed by atoms with Crippen LogP contribution in [0.5, 0.6) is 17.4 Å². The van der Waals surface area contributed by atoms with E-state index < -0.39 is 25.8 Å². The molecule has 0 aliphatic carbocycles. The number of aromatic hydroxyl groups is 3. The van der Waals surface area contributed by atoms with Crippen molar-refractivity contribution in [3.8, 4) is 23.1 Å². The fourth-order valence-electron chi connectivity index (χ4n) is 5.00. The van der Waals surface area contributed by atoms with Crippen molar-refractivity contribution in [3.05, 3.63) is 114 Å². The van der Waals surface area contributed by atoms with Gasteiger partial charge >= 0.3 is 35.5 Å². The molecule has 0 atom stereocenters. The number of para-hydroxylation sites is 1. The van der Waals surface area contributed by atoms with Crippen LogP contribution in [0.25, 0.3) is 16.5 Å². The van der Waals surface area contributed by atoms with Crippen LogP contribution in [0.2, 0.25) is 0 Å². The number of anilines is 1. The van der Waals surface area contributed by atoms with Crippen LogP contribution in [0.4, 0.5) is 28.4 Å². The van der Waals surface area contributed by atoms with E-state index in [-0.39, 0.29) is 109 Å². The fourth-order valence-corrected chi connectivity index (χ4v) is 6.47. The average Bonchev–Trinajstić information content (AvgIpc) is 3.43. The zero-order valence-electron chi connectivity index (χ0n) is 30.3. The normalized spacial score (nSPS) is 11.4. The van der Waals surface area contributed by atoms with Gasteiger partial charge < -0.3 is 20.4 Å². The van der Waals surface area contributed by atoms with Crippen LogP contribution >= 0.6 is 0 Å². The molecule has 1 heterocycles. The molecule has 6 rings (SSSR count). The van der Waals surface area contributed by atoms with Crippen LogP contribution in [0.1, 0.15) is 23.0 Å². The number of phenols is 2. The summed E-state index contributed by atoms with van der Waals surface area (Å²) >= 11 is 0. The first-order valence-electron chi connectivity index (χ1n) is 15.9. The van der Waals surface area contributed by atoms with E-state index in [2.05, 4.69) is 30.3 Å². The molecule has 0 spiro atoms. The zero-order chi connectivity index (χ0) is 39.2. The van der Waals surface area contributed by atoms with Crippen molar-refractivity contribution in [3.63, 3.8) is 0 Å². The number of aromatic nitrogens is 2. The Balaban J connectivity index is 0.000000296. The molecule has 20 heteroatoms. The molecule has 5 aromatic carbocycles. The third-order valence-electron chi connectivity index (χ3n) is 7.63. The number of azo groups is 2. The maximum absolute atomic E-state index is 12.1. The van der Waals surface area contributed by atoms with E-state index in [1.807, 2.05) is 18.2 Å². The van der Waals surface area contributed by atoms with Crippen LogP contribution in [0.15, 0.2) is 128 Å². The molecule has 0 saturated carbocycles. The topological polar surface area (TPSA) is 246 Å². The van der Waals surface area contributed by atoms with Gasteiger partial charge in [-0.3, -0.25) is 4.72 Å². The number of phenolic OH excluding ortho intramolecular Hbond substituents is 2.